The van der Waals surface area contributed by atoms with Crippen molar-refractivity contribution in [3.8, 4) is 11.1 Å². The molecule has 34 heavy (non-hydrogen) atoms. The van der Waals surface area contributed by atoms with Gasteiger partial charge in [-0.15, -0.1) is 0 Å². The molecule has 3 N–H and O–H groups in total. The molecular weight excluding hydrogens is 432 g/mol. The van der Waals surface area contributed by atoms with Gasteiger partial charge in [0.05, 0.1) is 0 Å². The van der Waals surface area contributed by atoms with Gasteiger partial charge in [0.15, 0.2) is 0 Å². The number of carbonyl (C=O) groups is 3. The van der Waals surface area contributed by atoms with Crippen molar-refractivity contribution in [3.05, 3.63) is 59.7 Å². The molecule has 7 nitrogen and oxygen atoms in total. The van der Waals surface area contributed by atoms with Crippen LogP contribution in [0.2, 0.25) is 0 Å². The second kappa shape index (κ2) is 8.46. The Balaban J connectivity index is 1.28. The van der Waals surface area contributed by atoms with Crippen LogP contribution in [0.1, 0.15) is 62.5 Å². The van der Waals surface area contributed by atoms with Crippen molar-refractivity contribution in [1.82, 2.24) is 10.6 Å². The summed E-state index contributed by atoms with van der Waals surface area (Å²) in [6.45, 7) is 1.87. The zero-order valence-corrected chi connectivity index (χ0v) is 19.3. The number of carbonyl (C=O) groups excluding carboxylic acids is 2. The maximum absolute atomic E-state index is 13.1. The molecule has 0 unspecified atom stereocenters. The van der Waals surface area contributed by atoms with Crippen molar-refractivity contribution >= 4 is 18.0 Å². The van der Waals surface area contributed by atoms with Gasteiger partial charge in [-0.1, -0.05) is 61.9 Å². The summed E-state index contributed by atoms with van der Waals surface area (Å²) in [5.41, 5.74) is 3.49. The number of alkyl carbamates (subject to hydrolysis) is 1. The summed E-state index contributed by atoms with van der Waals surface area (Å²) in [4.78, 5) is 37.5. The third-order valence-corrected chi connectivity index (χ3v) is 7.90. The first kappa shape index (κ1) is 22.4. The lowest BCUT2D eigenvalue weighted by Crippen LogP contribution is -2.71. The van der Waals surface area contributed by atoms with E-state index in [1.807, 2.05) is 24.3 Å². The predicted molar refractivity (Wildman–Crippen MR) is 126 cm³/mol. The van der Waals surface area contributed by atoms with Gasteiger partial charge in [-0.05, 0) is 59.8 Å². The Hall–Kier alpha value is -3.35. The molecule has 0 aromatic heterocycles. The number of nitrogens with one attached hydrogen (secondary N) is 2. The van der Waals surface area contributed by atoms with Crippen molar-refractivity contribution in [2.45, 2.75) is 62.9 Å². The highest BCUT2D eigenvalue weighted by molar-refractivity contribution is 5.94. The third-order valence-electron chi connectivity index (χ3n) is 7.90. The maximum Gasteiger partial charge on any atom is 0.408 e. The summed E-state index contributed by atoms with van der Waals surface area (Å²) in [6, 6.07) is 15.2. The summed E-state index contributed by atoms with van der Waals surface area (Å²) >= 11 is 0. The van der Waals surface area contributed by atoms with Crippen LogP contribution >= 0.6 is 0 Å². The van der Waals surface area contributed by atoms with Crippen molar-refractivity contribution in [2.75, 3.05) is 6.61 Å². The van der Waals surface area contributed by atoms with Crippen LogP contribution in [0, 0.1) is 5.41 Å². The molecular formula is C27H30N2O5. The first-order chi connectivity index (χ1) is 16.4. The van der Waals surface area contributed by atoms with Crippen LogP contribution < -0.4 is 10.6 Å². The van der Waals surface area contributed by atoms with Gasteiger partial charge in [-0.2, -0.15) is 0 Å². The van der Waals surface area contributed by atoms with E-state index in [0.29, 0.717) is 12.8 Å². The van der Waals surface area contributed by atoms with E-state index in [0.717, 1.165) is 41.5 Å². The van der Waals surface area contributed by atoms with Gasteiger partial charge in [0.25, 0.3) is 0 Å². The summed E-state index contributed by atoms with van der Waals surface area (Å²) in [5, 5.41) is 14.8. The standard InChI is InChI=1S/C27H30N2O5/c1-2-22(23(30)31)28-24(32)27(15-26(16-27)12-7-13-26)29-25(33)34-14-21-19-10-5-3-8-17(19)18-9-4-6-11-20(18)21/h3-6,8-11,21-22H,2,7,12-16H2,1H3,(H,28,32)(H,29,33)(H,30,31)/t22-/m0/s1. The third kappa shape index (κ3) is 3.73. The van der Waals surface area contributed by atoms with E-state index in [1.165, 1.54) is 0 Å². The molecule has 1 atom stereocenters. The monoisotopic (exact) mass is 462 g/mol. The molecule has 0 radical (unpaired) electrons. The number of aliphatic carboxylic acids is 1. The Morgan fingerprint density at radius 3 is 2.12 bits per heavy atom. The van der Waals surface area contributed by atoms with Crippen LogP contribution in [0.3, 0.4) is 0 Å². The molecule has 2 fully saturated rings. The molecule has 0 saturated heterocycles. The number of benzene rings is 2. The highest BCUT2D eigenvalue weighted by Gasteiger charge is 2.62. The average molecular weight is 463 g/mol. The number of hydrogen-bond donors (Lipinski definition) is 3. The first-order valence-corrected chi connectivity index (χ1v) is 12.0. The first-order valence-electron chi connectivity index (χ1n) is 12.0. The molecule has 1 spiro atoms. The Kier molecular flexibility index (Phi) is 5.58. The van der Waals surface area contributed by atoms with E-state index in [1.54, 1.807) is 6.92 Å². The molecule has 0 heterocycles. The lowest BCUT2D eigenvalue weighted by Gasteiger charge is -2.59. The number of rotatable bonds is 7. The average Bonchev–Trinajstić information content (AvgIpc) is 3.10. The van der Waals surface area contributed by atoms with Crippen LogP contribution in [0.5, 0.6) is 0 Å². The number of ether oxygens (including phenoxy) is 1. The largest absolute Gasteiger partial charge is 0.480 e. The summed E-state index contributed by atoms with van der Waals surface area (Å²) < 4.78 is 5.67. The van der Waals surface area contributed by atoms with Crippen LogP contribution in [0.4, 0.5) is 4.79 Å². The van der Waals surface area contributed by atoms with Crippen LogP contribution in [-0.4, -0.2) is 41.3 Å². The lowest BCUT2D eigenvalue weighted by atomic mass is 9.48. The second-order valence-electron chi connectivity index (χ2n) is 10.0. The molecule has 2 saturated carbocycles. The van der Waals surface area contributed by atoms with Gasteiger partial charge < -0.3 is 20.5 Å². The fourth-order valence-corrected chi connectivity index (χ4v) is 6.03. The molecule has 2 aromatic carbocycles. The fraction of sp³-hybridized carbons (Fsp3) is 0.444. The molecule has 2 aromatic rings. The molecule has 0 aliphatic heterocycles. The molecule has 3 aliphatic rings. The minimum absolute atomic E-state index is 0.0706. The van der Waals surface area contributed by atoms with Gasteiger partial charge in [-0.25, -0.2) is 9.59 Å². The fourth-order valence-electron chi connectivity index (χ4n) is 6.03. The molecule has 5 rings (SSSR count). The van der Waals surface area contributed by atoms with Gasteiger partial charge in [0.1, 0.15) is 18.2 Å². The molecule has 178 valence electrons. The van der Waals surface area contributed by atoms with Gasteiger partial charge >= 0.3 is 12.1 Å². The van der Waals surface area contributed by atoms with Gasteiger partial charge in [-0.3, -0.25) is 4.79 Å². The number of fused-ring (bicyclic) bond motifs is 3. The van der Waals surface area contributed by atoms with E-state index in [-0.39, 0.29) is 24.4 Å². The van der Waals surface area contributed by atoms with Crippen LogP contribution in [0.25, 0.3) is 11.1 Å². The number of carboxylic acid groups (broad SMARTS) is 1. The smallest absolute Gasteiger partial charge is 0.408 e. The van der Waals surface area contributed by atoms with Crippen molar-refractivity contribution < 1.29 is 24.2 Å². The summed E-state index contributed by atoms with van der Waals surface area (Å²) in [5.74, 6) is -1.59. The number of carboxylic acids is 1. The normalized spacial score (nSPS) is 19.7. The minimum atomic E-state index is -1.12. The number of amides is 2. The van der Waals surface area contributed by atoms with E-state index >= 15 is 0 Å². The zero-order chi connectivity index (χ0) is 23.9. The van der Waals surface area contributed by atoms with Crippen molar-refractivity contribution in [3.63, 3.8) is 0 Å². The van der Waals surface area contributed by atoms with Crippen molar-refractivity contribution in [2.24, 2.45) is 5.41 Å². The lowest BCUT2D eigenvalue weighted by molar-refractivity contribution is -0.150. The molecule has 2 amide bonds. The highest BCUT2D eigenvalue weighted by Crippen LogP contribution is 2.60. The molecule has 7 heteroatoms. The zero-order valence-electron chi connectivity index (χ0n) is 19.3. The Morgan fingerprint density at radius 2 is 1.62 bits per heavy atom. The number of hydrogen-bond acceptors (Lipinski definition) is 4. The van der Waals surface area contributed by atoms with E-state index in [4.69, 9.17) is 4.74 Å². The van der Waals surface area contributed by atoms with Crippen molar-refractivity contribution in [1.29, 1.82) is 0 Å². The SMILES string of the molecule is CC[C@H](NC(=O)C1(NC(=O)OCC2c3ccccc3-c3ccccc32)CC2(CCC2)C1)C(=O)O. The Bertz CT molecular complexity index is 1090. The Labute approximate surface area is 198 Å². The highest BCUT2D eigenvalue weighted by atomic mass is 16.5. The van der Waals surface area contributed by atoms with E-state index in [9.17, 15) is 19.5 Å². The Morgan fingerprint density at radius 1 is 1.03 bits per heavy atom. The summed E-state index contributed by atoms with van der Waals surface area (Å²) in [7, 11) is 0. The quantitative estimate of drug-likeness (QED) is 0.572. The molecule has 0 bridgehead atoms. The van der Waals surface area contributed by atoms with E-state index in [2.05, 4.69) is 34.9 Å². The second-order valence-corrected chi connectivity index (χ2v) is 10.0. The molecule has 3 aliphatic carbocycles. The predicted octanol–water partition coefficient (Wildman–Crippen LogP) is 4.21. The topological polar surface area (TPSA) is 105 Å². The van der Waals surface area contributed by atoms with Gasteiger partial charge in [0.2, 0.25) is 5.91 Å². The van der Waals surface area contributed by atoms with Gasteiger partial charge in [0, 0.05) is 5.92 Å². The van der Waals surface area contributed by atoms with E-state index < -0.39 is 29.6 Å². The minimum Gasteiger partial charge on any atom is -0.480 e. The maximum atomic E-state index is 13.1. The summed E-state index contributed by atoms with van der Waals surface area (Å²) in [6.07, 6.45) is 3.85. The van der Waals surface area contributed by atoms with Crippen LogP contribution in [-0.2, 0) is 14.3 Å². The van der Waals surface area contributed by atoms with Crippen LogP contribution in [0.15, 0.2) is 48.5 Å².